The van der Waals surface area contributed by atoms with Crippen LogP contribution in [0.2, 0.25) is 0 Å². The normalized spacial score (nSPS) is 17.1. The molecule has 104 valence electrons. The summed E-state index contributed by atoms with van der Waals surface area (Å²) in [5.41, 5.74) is -0.400. The van der Waals surface area contributed by atoms with Crippen molar-refractivity contribution in [3.63, 3.8) is 0 Å². The van der Waals surface area contributed by atoms with Gasteiger partial charge in [0.1, 0.15) is 0 Å². The number of rotatable bonds is 3. The number of ether oxygens (including phenoxy) is 1. The van der Waals surface area contributed by atoms with Gasteiger partial charge in [0.15, 0.2) is 0 Å². The van der Waals surface area contributed by atoms with Gasteiger partial charge in [-0.1, -0.05) is 15.9 Å². The van der Waals surface area contributed by atoms with E-state index >= 15 is 0 Å². The molecule has 0 aromatic heterocycles. The van der Waals surface area contributed by atoms with Crippen molar-refractivity contribution >= 4 is 21.9 Å². The van der Waals surface area contributed by atoms with Gasteiger partial charge >= 0.3 is 12.1 Å². The van der Waals surface area contributed by atoms with Gasteiger partial charge in [0.25, 0.3) is 0 Å². The molecule has 1 saturated carbocycles. The number of carbonyl (C=O) groups excluding carboxylic acids is 1. The maximum Gasteiger partial charge on any atom is 0.416 e. The fourth-order valence-electron chi connectivity index (χ4n) is 2.11. The first-order valence-electron chi connectivity index (χ1n) is 5.78. The number of carbonyl (C=O) groups is 1. The van der Waals surface area contributed by atoms with E-state index in [0.717, 1.165) is 25.0 Å². The van der Waals surface area contributed by atoms with Crippen LogP contribution in [0, 0.1) is 5.92 Å². The molecular weight excluding hydrogens is 325 g/mol. The summed E-state index contributed by atoms with van der Waals surface area (Å²) < 4.78 is 43.3. The van der Waals surface area contributed by atoms with E-state index in [-0.39, 0.29) is 5.92 Å². The molecule has 1 aliphatic carbocycles. The molecule has 0 bridgehead atoms. The quantitative estimate of drug-likeness (QED) is 0.775. The second kappa shape index (κ2) is 5.15. The first-order valence-corrected chi connectivity index (χ1v) is 6.57. The van der Waals surface area contributed by atoms with Crippen molar-refractivity contribution in [2.75, 3.05) is 7.11 Å². The summed E-state index contributed by atoms with van der Waals surface area (Å²) in [7, 11) is 1.25. The predicted octanol–water partition coefficient (Wildman–Crippen LogP) is 4.13. The van der Waals surface area contributed by atoms with E-state index in [0.29, 0.717) is 10.0 Å². The van der Waals surface area contributed by atoms with Crippen LogP contribution >= 0.6 is 15.9 Å². The molecule has 2 rings (SSSR count). The average molecular weight is 337 g/mol. The molecule has 1 unspecified atom stereocenters. The van der Waals surface area contributed by atoms with Gasteiger partial charge < -0.3 is 4.74 Å². The van der Waals surface area contributed by atoms with Crippen LogP contribution in [0.1, 0.15) is 29.9 Å². The Hall–Kier alpha value is -1.04. The lowest BCUT2D eigenvalue weighted by molar-refractivity contribution is -0.143. The van der Waals surface area contributed by atoms with Gasteiger partial charge in [-0.2, -0.15) is 13.2 Å². The molecule has 1 atom stereocenters. The molecule has 0 saturated heterocycles. The third-order valence-corrected chi connectivity index (χ3v) is 3.61. The van der Waals surface area contributed by atoms with Gasteiger partial charge in [0, 0.05) is 4.47 Å². The van der Waals surface area contributed by atoms with Crippen molar-refractivity contribution in [2.45, 2.75) is 24.9 Å². The zero-order chi connectivity index (χ0) is 14.2. The minimum absolute atomic E-state index is 0.0860. The molecule has 1 aromatic carbocycles. The molecule has 19 heavy (non-hydrogen) atoms. The van der Waals surface area contributed by atoms with Crippen LogP contribution in [-0.2, 0) is 15.7 Å². The highest BCUT2D eigenvalue weighted by Gasteiger charge is 2.39. The Morgan fingerprint density at radius 3 is 2.47 bits per heavy atom. The van der Waals surface area contributed by atoms with Gasteiger partial charge in [0.05, 0.1) is 18.6 Å². The molecule has 0 heterocycles. The van der Waals surface area contributed by atoms with Crippen molar-refractivity contribution < 1.29 is 22.7 Å². The number of esters is 1. The second-order valence-electron chi connectivity index (χ2n) is 4.61. The number of methoxy groups -OCH3 is 1. The number of halogens is 4. The van der Waals surface area contributed by atoms with Crippen LogP contribution in [0.5, 0.6) is 0 Å². The van der Waals surface area contributed by atoms with Crippen molar-refractivity contribution in [2.24, 2.45) is 5.92 Å². The Morgan fingerprint density at radius 1 is 1.37 bits per heavy atom. The standard InChI is InChI=1S/C13H12BrF3O2/c1-19-12(18)11(7-2-3-7)8-4-9(13(15,16)17)6-10(14)5-8/h4-7,11H,2-3H2,1H3. The van der Waals surface area contributed by atoms with Crippen LogP contribution in [0.4, 0.5) is 13.2 Å². The molecule has 0 radical (unpaired) electrons. The lowest BCUT2D eigenvalue weighted by Gasteiger charge is -2.17. The minimum atomic E-state index is -4.43. The molecule has 0 amide bonds. The summed E-state index contributed by atoms with van der Waals surface area (Å²) in [5.74, 6) is -1.000. The maximum atomic E-state index is 12.8. The molecule has 0 spiro atoms. The Labute approximate surface area is 117 Å². The Morgan fingerprint density at radius 2 is 2.00 bits per heavy atom. The largest absolute Gasteiger partial charge is 0.469 e. The SMILES string of the molecule is COC(=O)C(c1cc(Br)cc(C(F)(F)F)c1)C1CC1. The molecule has 1 fully saturated rings. The van der Waals surface area contributed by atoms with Crippen molar-refractivity contribution in [1.29, 1.82) is 0 Å². The number of hydrogen-bond acceptors (Lipinski definition) is 2. The summed E-state index contributed by atoms with van der Waals surface area (Å²) >= 11 is 3.06. The fraction of sp³-hybridized carbons (Fsp3) is 0.462. The van der Waals surface area contributed by atoms with Crippen LogP contribution in [0.3, 0.4) is 0 Å². The van der Waals surface area contributed by atoms with Crippen LogP contribution in [0.25, 0.3) is 0 Å². The zero-order valence-corrected chi connectivity index (χ0v) is 11.7. The Kier molecular flexibility index (Phi) is 3.90. The monoisotopic (exact) mass is 336 g/mol. The van der Waals surface area contributed by atoms with Crippen LogP contribution < -0.4 is 0 Å². The third kappa shape index (κ3) is 3.29. The topological polar surface area (TPSA) is 26.3 Å². The van der Waals surface area contributed by atoms with Crippen molar-refractivity contribution in [3.05, 3.63) is 33.8 Å². The summed E-state index contributed by atoms with van der Waals surface area (Å²) in [4.78, 5) is 11.7. The highest BCUT2D eigenvalue weighted by molar-refractivity contribution is 9.10. The number of benzene rings is 1. The predicted molar refractivity (Wildman–Crippen MR) is 66.6 cm³/mol. The van der Waals surface area contributed by atoms with Gasteiger partial charge in [-0.3, -0.25) is 4.79 Å². The van der Waals surface area contributed by atoms with Crippen LogP contribution in [-0.4, -0.2) is 13.1 Å². The van der Waals surface area contributed by atoms with E-state index in [4.69, 9.17) is 4.74 Å². The van der Waals surface area contributed by atoms with E-state index in [2.05, 4.69) is 15.9 Å². The van der Waals surface area contributed by atoms with Gasteiger partial charge in [-0.05, 0) is 42.5 Å². The number of alkyl halides is 3. The lowest BCUT2D eigenvalue weighted by atomic mass is 9.93. The molecule has 1 aromatic rings. The van der Waals surface area contributed by atoms with E-state index in [1.54, 1.807) is 6.07 Å². The van der Waals surface area contributed by atoms with E-state index < -0.39 is 23.6 Å². The maximum absolute atomic E-state index is 12.8. The van der Waals surface area contributed by atoms with Crippen LogP contribution in [0.15, 0.2) is 22.7 Å². The van der Waals surface area contributed by atoms with Gasteiger partial charge in [0.2, 0.25) is 0 Å². The van der Waals surface area contributed by atoms with E-state index in [1.165, 1.54) is 7.11 Å². The molecule has 6 heteroatoms. The van der Waals surface area contributed by atoms with Crippen molar-refractivity contribution in [3.8, 4) is 0 Å². The highest BCUT2D eigenvalue weighted by atomic mass is 79.9. The van der Waals surface area contributed by atoms with Gasteiger partial charge in [-0.15, -0.1) is 0 Å². The summed E-state index contributed by atoms with van der Waals surface area (Å²) in [6.07, 6.45) is -2.75. The molecule has 0 N–H and O–H groups in total. The zero-order valence-electron chi connectivity index (χ0n) is 10.1. The molecule has 2 nitrogen and oxygen atoms in total. The first-order chi connectivity index (χ1) is 8.82. The minimum Gasteiger partial charge on any atom is -0.469 e. The van der Waals surface area contributed by atoms with E-state index in [9.17, 15) is 18.0 Å². The number of hydrogen-bond donors (Lipinski definition) is 0. The van der Waals surface area contributed by atoms with E-state index in [1.807, 2.05) is 0 Å². The van der Waals surface area contributed by atoms with Crippen molar-refractivity contribution in [1.82, 2.24) is 0 Å². The average Bonchev–Trinajstić information content (AvgIpc) is 3.11. The Balaban J connectivity index is 2.42. The fourth-order valence-corrected chi connectivity index (χ4v) is 2.62. The summed E-state index contributed by atoms with van der Waals surface area (Å²) in [6, 6.07) is 3.59. The summed E-state index contributed by atoms with van der Waals surface area (Å²) in [5, 5.41) is 0. The summed E-state index contributed by atoms with van der Waals surface area (Å²) in [6.45, 7) is 0. The molecule has 1 aliphatic rings. The second-order valence-corrected chi connectivity index (χ2v) is 5.52. The first kappa shape index (κ1) is 14.4. The third-order valence-electron chi connectivity index (χ3n) is 3.16. The lowest BCUT2D eigenvalue weighted by Crippen LogP contribution is -2.17. The Bertz CT molecular complexity index is 495. The highest BCUT2D eigenvalue weighted by Crippen LogP contribution is 2.45. The smallest absolute Gasteiger partial charge is 0.416 e. The van der Waals surface area contributed by atoms with Gasteiger partial charge in [-0.25, -0.2) is 0 Å². The molecule has 0 aliphatic heterocycles. The molecular formula is C13H12BrF3O2.